The summed E-state index contributed by atoms with van der Waals surface area (Å²) in [7, 11) is 3.37. The maximum absolute atomic E-state index is 12.4. The SMILES string of the molecule is CO[C@H](c1ccccc1)[C@@H]1[C@@H](c2ccccc2)[C@H](O)C(=O)N1C. The molecular formula is C19H21NO3. The molecule has 4 atom stereocenters. The van der Waals surface area contributed by atoms with Crippen LogP contribution in [0.25, 0.3) is 0 Å². The number of hydrogen-bond acceptors (Lipinski definition) is 3. The van der Waals surface area contributed by atoms with Crippen molar-refractivity contribution in [3.05, 3.63) is 71.8 Å². The monoisotopic (exact) mass is 311 g/mol. The quantitative estimate of drug-likeness (QED) is 0.943. The fraction of sp³-hybridized carbons (Fsp3) is 0.316. The van der Waals surface area contributed by atoms with Gasteiger partial charge in [-0.15, -0.1) is 0 Å². The summed E-state index contributed by atoms with van der Waals surface area (Å²) in [5, 5.41) is 10.5. The molecule has 1 amide bonds. The van der Waals surface area contributed by atoms with E-state index in [0.717, 1.165) is 11.1 Å². The van der Waals surface area contributed by atoms with E-state index in [1.165, 1.54) is 0 Å². The Hall–Kier alpha value is -2.17. The largest absolute Gasteiger partial charge is 0.383 e. The molecule has 1 heterocycles. The Labute approximate surface area is 136 Å². The number of aliphatic hydroxyl groups excluding tert-OH is 1. The van der Waals surface area contributed by atoms with Gasteiger partial charge in [0, 0.05) is 20.1 Å². The summed E-state index contributed by atoms with van der Waals surface area (Å²) in [6, 6.07) is 19.2. The van der Waals surface area contributed by atoms with E-state index in [1.807, 2.05) is 60.7 Å². The fourth-order valence-corrected chi connectivity index (χ4v) is 3.50. The number of hydrogen-bond donors (Lipinski definition) is 1. The van der Waals surface area contributed by atoms with Crippen molar-refractivity contribution < 1.29 is 14.6 Å². The highest BCUT2D eigenvalue weighted by atomic mass is 16.5. The van der Waals surface area contributed by atoms with Crippen LogP contribution in [0.15, 0.2) is 60.7 Å². The number of ether oxygens (including phenoxy) is 1. The lowest BCUT2D eigenvalue weighted by molar-refractivity contribution is -0.135. The highest BCUT2D eigenvalue weighted by molar-refractivity contribution is 5.85. The van der Waals surface area contributed by atoms with Crippen LogP contribution < -0.4 is 0 Å². The number of rotatable bonds is 4. The normalized spacial score (nSPS) is 25.6. The maximum Gasteiger partial charge on any atom is 0.252 e. The average molecular weight is 311 g/mol. The van der Waals surface area contributed by atoms with Gasteiger partial charge in [-0.1, -0.05) is 60.7 Å². The van der Waals surface area contributed by atoms with Crippen molar-refractivity contribution in [2.75, 3.05) is 14.2 Å². The van der Waals surface area contributed by atoms with Gasteiger partial charge in [0.05, 0.1) is 6.04 Å². The van der Waals surface area contributed by atoms with Gasteiger partial charge in [-0.05, 0) is 11.1 Å². The third-order valence-electron chi connectivity index (χ3n) is 4.63. The number of aliphatic hydroxyl groups is 1. The molecule has 120 valence electrons. The van der Waals surface area contributed by atoms with Gasteiger partial charge in [-0.3, -0.25) is 4.79 Å². The predicted octanol–water partition coefficient (Wildman–Crippen LogP) is 2.36. The zero-order valence-electron chi connectivity index (χ0n) is 13.3. The zero-order chi connectivity index (χ0) is 16.4. The Morgan fingerprint density at radius 1 is 1.04 bits per heavy atom. The molecule has 4 heteroatoms. The first-order valence-electron chi connectivity index (χ1n) is 7.72. The van der Waals surface area contributed by atoms with Gasteiger partial charge >= 0.3 is 0 Å². The molecule has 4 nitrogen and oxygen atoms in total. The van der Waals surface area contributed by atoms with Crippen LogP contribution >= 0.6 is 0 Å². The van der Waals surface area contributed by atoms with E-state index in [0.29, 0.717) is 0 Å². The topological polar surface area (TPSA) is 49.8 Å². The van der Waals surface area contributed by atoms with Crippen LogP contribution in [0.1, 0.15) is 23.1 Å². The molecule has 1 saturated heterocycles. The summed E-state index contributed by atoms with van der Waals surface area (Å²) in [6.45, 7) is 0. The highest BCUT2D eigenvalue weighted by Gasteiger charge is 2.50. The lowest BCUT2D eigenvalue weighted by Crippen LogP contribution is -2.37. The lowest BCUT2D eigenvalue weighted by Gasteiger charge is -2.32. The number of likely N-dealkylation sites (tertiary alicyclic amines) is 1. The van der Waals surface area contributed by atoms with Crippen molar-refractivity contribution in [3.8, 4) is 0 Å². The second-order valence-electron chi connectivity index (χ2n) is 5.89. The number of likely N-dealkylation sites (N-methyl/N-ethyl adjacent to an activating group) is 1. The molecule has 0 bridgehead atoms. The number of nitrogens with zero attached hydrogens (tertiary/aromatic N) is 1. The van der Waals surface area contributed by atoms with E-state index < -0.39 is 6.10 Å². The molecule has 3 rings (SSSR count). The van der Waals surface area contributed by atoms with Crippen LogP contribution in [0.3, 0.4) is 0 Å². The minimum absolute atomic E-state index is 0.257. The van der Waals surface area contributed by atoms with Crippen molar-refractivity contribution in [1.82, 2.24) is 4.90 Å². The molecule has 1 N–H and O–H groups in total. The van der Waals surface area contributed by atoms with E-state index in [1.54, 1.807) is 19.1 Å². The van der Waals surface area contributed by atoms with Gasteiger partial charge in [0.25, 0.3) is 5.91 Å². The van der Waals surface area contributed by atoms with Gasteiger partial charge in [-0.2, -0.15) is 0 Å². The summed E-state index contributed by atoms with van der Waals surface area (Å²) >= 11 is 0. The van der Waals surface area contributed by atoms with Crippen LogP contribution in [0.5, 0.6) is 0 Å². The summed E-state index contributed by atoms with van der Waals surface area (Å²) in [6.07, 6.45) is -1.35. The Morgan fingerprint density at radius 2 is 1.61 bits per heavy atom. The van der Waals surface area contributed by atoms with Gasteiger partial charge in [-0.25, -0.2) is 0 Å². The van der Waals surface area contributed by atoms with Gasteiger partial charge in [0.1, 0.15) is 12.2 Å². The molecule has 2 aromatic carbocycles. The Balaban J connectivity index is 2.04. The molecular weight excluding hydrogens is 290 g/mol. The number of methoxy groups -OCH3 is 1. The van der Waals surface area contributed by atoms with E-state index in [9.17, 15) is 9.90 Å². The highest BCUT2D eigenvalue weighted by Crippen LogP contribution is 2.41. The Bertz CT molecular complexity index is 659. The molecule has 0 aliphatic carbocycles. The van der Waals surface area contributed by atoms with Crippen LogP contribution in [0.4, 0.5) is 0 Å². The van der Waals surface area contributed by atoms with Crippen molar-refractivity contribution in [2.45, 2.75) is 24.2 Å². The second kappa shape index (κ2) is 6.52. The number of benzene rings is 2. The Morgan fingerprint density at radius 3 is 2.17 bits per heavy atom. The standard InChI is InChI=1S/C19H21NO3/c1-20-16(18(23-2)14-11-7-4-8-12-14)15(17(21)19(20)22)13-9-5-3-6-10-13/h3-12,15-18,21H,1-2H3/t15-,16+,17+,18-/m1/s1. The van der Waals surface area contributed by atoms with E-state index in [2.05, 4.69) is 0 Å². The van der Waals surface area contributed by atoms with E-state index in [-0.39, 0.29) is 24.0 Å². The fourth-order valence-electron chi connectivity index (χ4n) is 3.50. The van der Waals surface area contributed by atoms with Gasteiger partial charge in [0.15, 0.2) is 0 Å². The van der Waals surface area contributed by atoms with Crippen molar-refractivity contribution in [1.29, 1.82) is 0 Å². The zero-order valence-corrected chi connectivity index (χ0v) is 13.3. The smallest absolute Gasteiger partial charge is 0.252 e. The van der Waals surface area contributed by atoms with Crippen LogP contribution in [0.2, 0.25) is 0 Å². The summed E-state index contributed by atoms with van der Waals surface area (Å²) in [5.74, 6) is -0.583. The summed E-state index contributed by atoms with van der Waals surface area (Å²) in [5.41, 5.74) is 1.94. The maximum atomic E-state index is 12.4. The molecule has 2 aromatic rings. The third kappa shape index (κ3) is 2.76. The molecule has 0 radical (unpaired) electrons. The second-order valence-corrected chi connectivity index (χ2v) is 5.89. The predicted molar refractivity (Wildman–Crippen MR) is 87.9 cm³/mol. The van der Waals surface area contributed by atoms with Crippen LogP contribution in [-0.2, 0) is 9.53 Å². The molecule has 0 unspecified atom stereocenters. The third-order valence-corrected chi connectivity index (χ3v) is 4.63. The number of carbonyl (C=O) groups excluding carboxylic acids is 1. The molecule has 1 fully saturated rings. The molecule has 0 spiro atoms. The van der Waals surface area contributed by atoms with Crippen LogP contribution in [-0.4, -0.2) is 42.2 Å². The lowest BCUT2D eigenvalue weighted by atomic mass is 9.85. The number of amides is 1. The molecule has 0 saturated carbocycles. The van der Waals surface area contributed by atoms with Gasteiger partial charge < -0.3 is 14.7 Å². The van der Waals surface area contributed by atoms with E-state index >= 15 is 0 Å². The first-order chi connectivity index (χ1) is 11.1. The minimum Gasteiger partial charge on any atom is -0.383 e. The van der Waals surface area contributed by atoms with Gasteiger partial charge in [0.2, 0.25) is 0 Å². The first kappa shape index (κ1) is 15.7. The van der Waals surface area contributed by atoms with Crippen molar-refractivity contribution in [2.24, 2.45) is 0 Å². The van der Waals surface area contributed by atoms with Crippen molar-refractivity contribution >= 4 is 5.91 Å². The summed E-state index contributed by atoms with van der Waals surface area (Å²) < 4.78 is 5.73. The molecule has 1 aliphatic heterocycles. The molecule has 0 aromatic heterocycles. The minimum atomic E-state index is -1.05. The number of carbonyl (C=O) groups is 1. The van der Waals surface area contributed by atoms with Crippen LogP contribution in [0, 0.1) is 0 Å². The Kier molecular flexibility index (Phi) is 4.46. The average Bonchev–Trinajstić information content (AvgIpc) is 2.82. The van der Waals surface area contributed by atoms with E-state index in [4.69, 9.17) is 4.74 Å². The summed E-state index contributed by atoms with van der Waals surface area (Å²) in [4.78, 5) is 14.0. The van der Waals surface area contributed by atoms with Crippen molar-refractivity contribution in [3.63, 3.8) is 0 Å². The molecule has 1 aliphatic rings. The first-order valence-corrected chi connectivity index (χ1v) is 7.72. The molecule has 23 heavy (non-hydrogen) atoms.